The number of amides is 2. The SMILES string of the molecule is O=C(Nc1nc(-c2ccc3c(c2)CCCN3C(=O)C2CCCCC2)cs1)c1ccncc1. The highest BCUT2D eigenvalue weighted by Gasteiger charge is 2.29. The molecule has 1 aliphatic heterocycles. The van der Waals surface area contributed by atoms with E-state index in [4.69, 9.17) is 0 Å². The van der Waals surface area contributed by atoms with Crippen LogP contribution < -0.4 is 10.2 Å². The average Bonchev–Trinajstić information content (AvgIpc) is 3.32. The molecule has 1 saturated carbocycles. The zero-order chi connectivity index (χ0) is 21.9. The molecule has 7 heteroatoms. The smallest absolute Gasteiger partial charge is 0.257 e. The molecule has 6 nitrogen and oxygen atoms in total. The Bertz CT molecular complexity index is 1120. The van der Waals surface area contributed by atoms with Crippen molar-refractivity contribution >= 4 is 34.0 Å². The summed E-state index contributed by atoms with van der Waals surface area (Å²) in [5.41, 5.74) is 4.65. The molecule has 5 rings (SSSR count). The predicted molar refractivity (Wildman–Crippen MR) is 127 cm³/mol. The van der Waals surface area contributed by atoms with Gasteiger partial charge in [-0.25, -0.2) is 4.98 Å². The molecular formula is C25H26N4O2S. The molecule has 0 unspecified atom stereocenters. The lowest BCUT2D eigenvalue weighted by Crippen LogP contribution is -2.40. The van der Waals surface area contributed by atoms with Gasteiger partial charge in [0, 0.05) is 47.1 Å². The maximum absolute atomic E-state index is 13.2. The average molecular weight is 447 g/mol. The number of fused-ring (bicyclic) bond motifs is 1. The van der Waals surface area contributed by atoms with Gasteiger partial charge in [-0.3, -0.25) is 19.9 Å². The zero-order valence-corrected chi connectivity index (χ0v) is 18.7. The number of hydrogen-bond donors (Lipinski definition) is 1. The molecule has 3 aromatic rings. The third kappa shape index (κ3) is 4.30. The number of hydrogen-bond acceptors (Lipinski definition) is 5. The fourth-order valence-corrected chi connectivity index (χ4v) is 5.41. The van der Waals surface area contributed by atoms with Crippen molar-refractivity contribution in [3.63, 3.8) is 0 Å². The third-order valence-corrected chi connectivity index (χ3v) is 7.14. The Kier molecular flexibility index (Phi) is 5.99. The van der Waals surface area contributed by atoms with Crippen LogP contribution >= 0.6 is 11.3 Å². The number of benzene rings is 1. The summed E-state index contributed by atoms with van der Waals surface area (Å²) in [6.45, 7) is 0.809. The van der Waals surface area contributed by atoms with Crippen LogP contribution in [0.15, 0.2) is 48.1 Å². The molecule has 32 heavy (non-hydrogen) atoms. The molecule has 2 aromatic heterocycles. The lowest BCUT2D eigenvalue weighted by molar-refractivity contribution is -0.123. The van der Waals surface area contributed by atoms with Gasteiger partial charge in [0.25, 0.3) is 5.91 Å². The van der Waals surface area contributed by atoms with E-state index in [1.54, 1.807) is 24.5 Å². The molecule has 1 aromatic carbocycles. The minimum atomic E-state index is -0.199. The van der Waals surface area contributed by atoms with Gasteiger partial charge in [0.15, 0.2) is 5.13 Å². The first-order valence-corrected chi connectivity index (χ1v) is 12.2. The molecular weight excluding hydrogens is 420 g/mol. The van der Waals surface area contributed by atoms with E-state index in [1.165, 1.54) is 36.2 Å². The van der Waals surface area contributed by atoms with Crippen LogP contribution in [0.3, 0.4) is 0 Å². The van der Waals surface area contributed by atoms with Gasteiger partial charge in [0.05, 0.1) is 5.69 Å². The van der Waals surface area contributed by atoms with Gasteiger partial charge in [-0.15, -0.1) is 11.3 Å². The second kappa shape index (κ2) is 9.20. The van der Waals surface area contributed by atoms with E-state index in [1.807, 2.05) is 16.3 Å². The Morgan fingerprint density at radius 3 is 2.66 bits per heavy atom. The van der Waals surface area contributed by atoms with Gasteiger partial charge in [-0.2, -0.15) is 0 Å². The first-order valence-electron chi connectivity index (χ1n) is 11.3. The first-order chi connectivity index (χ1) is 15.7. The number of nitrogens with zero attached hydrogens (tertiary/aromatic N) is 3. The van der Waals surface area contributed by atoms with E-state index in [2.05, 4.69) is 27.4 Å². The fraction of sp³-hybridized carbons (Fsp3) is 0.360. The van der Waals surface area contributed by atoms with Crippen molar-refractivity contribution in [3.05, 3.63) is 59.2 Å². The molecule has 0 radical (unpaired) electrons. The van der Waals surface area contributed by atoms with Crippen LogP contribution in [0.5, 0.6) is 0 Å². The maximum atomic E-state index is 13.2. The maximum Gasteiger partial charge on any atom is 0.257 e. The zero-order valence-electron chi connectivity index (χ0n) is 17.9. The molecule has 0 bridgehead atoms. The molecule has 0 spiro atoms. The van der Waals surface area contributed by atoms with E-state index in [0.717, 1.165) is 49.2 Å². The standard InChI is InChI=1S/C25H26N4O2S/c30-23(17-10-12-26-13-11-17)28-25-27-21(16-32-25)19-8-9-22-20(15-19)7-4-14-29(22)24(31)18-5-2-1-3-6-18/h8-13,15-16,18H,1-7,14H2,(H,27,28,30). The number of pyridine rings is 1. The normalized spacial score (nSPS) is 16.4. The number of nitrogens with one attached hydrogen (secondary N) is 1. The van der Waals surface area contributed by atoms with Crippen LogP contribution in [0.25, 0.3) is 11.3 Å². The highest BCUT2D eigenvalue weighted by molar-refractivity contribution is 7.14. The van der Waals surface area contributed by atoms with E-state index in [9.17, 15) is 9.59 Å². The van der Waals surface area contributed by atoms with Crippen molar-refractivity contribution in [3.8, 4) is 11.3 Å². The number of thiazole rings is 1. The Morgan fingerprint density at radius 1 is 1.03 bits per heavy atom. The second-order valence-electron chi connectivity index (χ2n) is 8.50. The Hall–Kier alpha value is -3.06. The lowest BCUT2D eigenvalue weighted by atomic mass is 9.87. The van der Waals surface area contributed by atoms with Gasteiger partial charge in [0.2, 0.25) is 5.91 Å². The molecule has 0 atom stereocenters. The van der Waals surface area contributed by atoms with E-state index < -0.39 is 0 Å². The van der Waals surface area contributed by atoms with Gasteiger partial charge in [-0.05, 0) is 55.5 Å². The Morgan fingerprint density at radius 2 is 1.84 bits per heavy atom. The van der Waals surface area contributed by atoms with Crippen molar-refractivity contribution in [2.75, 3.05) is 16.8 Å². The topological polar surface area (TPSA) is 75.2 Å². The molecule has 1 fully saturated rings. The van der Waals surface area contributed by atoms with E-state index in [0.29, 0.717) is 16.6 Å². The summed E-state index contributed by atoms with van der Waals surface area (Å²) in [4.78, 5) is 36.1. The van der Waals surface area contributed by atoms with Crippen LogP contribution in [0.1, 0.15) is 54.4 Å². The van der Waals surface area contributed by atoms with Gasteiger partial charge in [-0.1, -0.05) is 25.3 Å². The number of carbonyl (C=O) groups is 2. The molecule has 2 aliphatic rings. The van der Waals surface area contributed by atoms with Crippen LogP contribution in [-0.4, -0.2) is 28.3 Å². The Balaban J connectivity index is 1.33. The van der Waals surface area contributed by atoms with Crippen molar-refractivity contribution in [2.45, 2.75) is 44.9 Å². The number of aromatic nitrogens is 2. The summed E-state index contributed by atoms with van der Waals surface area (Å²) in [6, 6.07) is 9.61. The van der Waals surface area contributed by atoms with Crippen molar-refractivity contribution in [1.29, 1.82) is 0 Å². The number of aryl methyl sites for hydroxylation is 1. The summed E-state index contributed by atoms with van der Waals surface area (Å²) in [7, 11) is 0. The van der Waals surface area contributed by atoms with Gasteiger partial charge >= 0.3 is 0 Å². The molecule has 0 saturated heterocycles. The largest absolute Gasteiger partial charge is 0.312 e. The molecule has 164 valence electrons. The molecule has 2 amide bonds. The quantitative estimate of drug-likeness (QED) is 0.589. The van der Waals surface area contributed by atoms with E-state index in [-0.39, 0.29) is 11.8 Å². The Labute approximate surface area is 191 Å². The summed E-state index contributed by atoms with van der Waals surface area (Å²) in [5.74, 6) is 0.281. The van der Waals surface area contributed by atoms with Gasteiger partial charge < -0.3 is 4.90 Å². The number of anilines is 2. The summed E-state index contributed by atoms with van der Waals surface area (Å²) < 4.78 is 0. The fourth-order valence-electron chi connectivity index (χ4n) is 4.69. The molecule has 1 N–H and O–H groups in total. The molecule has 3 heterocycles. The van der Waals surface area contributed by atoms with Crippen LogP contribution in [0.2, 0.25) is 0 Å². The summed E-state index contributed by atoms with van der Waals surface area (Å²) in [6.07, 6.45) is 10.8. The highest BCUT2D eigenvalue weighted by atomic mass is 32.1. The van der Waals surface area contributed by atoms with Crippen molar-refractivity contribution < 1.29 is 9.59 Å². The van der Waals surface area contributed by atoms with Crippen molar-refractivity contribution in [1.82, 2.24) is 9.97 Å². The summed E-state index contributed by atoms with van der Waals surface area (Å²) in [5, 5.41) is 5.38. The number of carbonyl (C=O) groups excluding carboxylic acids is 2. The second-order valence-corrected chi connectivity index (χ2v) is 9.36. The first kappa shape index (κ1) is 20.8. The summed E-state index contributed by atoms with van der Waals surface area (Å²) >= 11 is 1.41. The van der Waals surface area contributed by atoms with Crippen molar-refractivity contribution in [2.24, 2.45) is 5.92 Å². The minimum absolute atomic E-state index is 0.180. The van der Waals surface area contributed by atoms with Crippen LogP contribution in [0.4, 0.5) is 10.8 Å². The predicted octanol–water partition coefficient (Wildman–Crippen LogP) is 5.32. The van der Waals surface area contributed by atoms with Gasteiger partial charge in [0.1, 0.15) is 0 Å². The third-order valence-electron chi connectivity index (χ3n) is 6.38. The minimum Gasteiger partial charge on any atom is -0.312 e. The lowest BCUT2D eigenvalue weighted by Gasteiger charge is -2.33. The molecule has 1 aliphatic carbocycles. The van der Waals surface area contributed by atoms with E-state index >= 15 is 0 Å². The monoisotopic (exact) mass is 446 g/mol. The van der Waals surface area contributed by atoms with Crippen LogP contribution in [0, 0.1) is 5.92 Å². The highest BCUT2D eigenvalue weighted by Crippen LogP contribution is 2.35. The number of rotatable bonds is 4. The van der Waals surface area contributed by atoms with Crippen LogP contribution in [-0.2, 0) is 11.2 Å².